The zero-order chi connectivity index (χ0) is 10.8. The summed E-state index contributed by atoms with van der Waals surface area (Å²) in [5.41, 5.74) is 0. The largest absolute Gasteiger partial charge is 0.340 e. The minimum absolute atomic E-state index is 0.390. The number of rotatable bonds is 3. The van der Waals surface area contributed by atoms with Crippen molar-refractivity contribution in [3.63, 3.8) is 0 Å². The number of piperazine rings is 1. The fourth-order valence-corrected chi connectivity index (χ4v) is 2.19. The van der Waals surface area contributed by atoms with E-state index in [1.807, 2.05) is 0 Å². The van der Waals surface area contributed by atoms with Gasteiger partial charge in [-0.3, -0.25) is 9.69 Å². The van der Waals surface area contributed by atoms with Crippen LogP contribution in [0.2, 0.25) is 0 Å². The monoisotopic (exact) mass is 210 g/mol. The van der Waals surface area contributed by atoms with Crippen LogP contribution in [0.5, 0.6) is 0 Å². The summed E-state index contributed by atoms with van der Waals surface area (Å²) in [5, 5.41) is 0. The third-order valence-corrected chi connectivity index (χ3v) is 3.56. The first-order chi connectivity index (χ1) is 7.16. The van der Waals surface area contributed by atoms with Gasteiger partial charge in [-0.2, -0.15) is 0 Å². The minimum atomic E-state index is 0.390. The van der Waals surface area contributed by atoms with E-state index in [9.17, 15) is 4.79 Å². The second kappa shape index (κ2) is 4.52. The summed E-state index contributed by atoms with van der Waals surface area (Å²) >= 11 is 0. The number of carbonyl (C=O) groups excluding carboxylic acids is 1. The molecule has 0 aromatic rings. The molecule has 0 N–H and O–H groups in total. The zero-order valence-electron chi connectivity index (χ0n) is 9.91. The number of hydrogen-bond acceptors (Lipinski definition) is 2. The van der Waals surface area contributed by atoms with Gasteiger partial charge in [0.1, 0.15) is 0 Å². The molecule has 1 amide bonds. The molecule has 1 saturated carbocycles. The first kappa shape index (κ1) is 10.9. The second-order valence-electron chi connectivity index (χ2n) is 5.16. The van der Waals surface area contributed by atoms with E-state index in [0.29, 0.717) is 11.9 Å². The number of nitrogens with zero attached hydrogens (tertiary/aromatic N) is 2. The van der Waals surface area contributed by atoms with E-state index in [2.05, 4.69) is 23.6 Å². The molecule has 0 aromatic carbocycles. The van der Waals surface area contributed by atoms with Crippen LogP contribution in [0.15, 0.2) is 0 Å². The van der Waals surface area contributed by atoms with E-state index in [1.54, 1.807) is 0 Å². The second-order valence-corrected chi connectivity index (χ2v) is 5.16. The molecule has 15 heavy (non-hydrogen) atoms. The molecular formula is C12H22N2O. The van der Waals surface area contributed by atoms with E-state index in [-0.39, 0.29) is 0 Å². The summed E-state index contributed by atoms with van der Waals surface area (Å²) in [5.74, 6) is 1.11. The van der Waals surface area contributed by atoms with Crippen LogP contribution in [0.3, 0.4) is 0 Å². The minimum Gasteiger partial charge on any atom is -0.340 e. The van der Waals surface area contributed by atoms with Crippen molar-refractivity contribution in [2.75, 3.05) is 26.2 Å². The normalized spacial score (nSPS) is 23.5. The van der Waals surface area contributed by atoms with E-state index in [1.165, 1.54) is 12.8 Å². The Bertz CT molecular complexity index is 228. The molecule has 1 saturated heterocycles. The van der Waals surface area contributed by atoms with E-state index in [4.69, 9.17) is 0 Å². The van der Waals surface area contributed by atoms with Gasteiger partial charge in [-0.15, -0.1) is 0 Å². The molecule has 2 fully saturated rings. The molecule has 1 aliphatic carbocycles. The number of carbonyl (C=O) groups is 1. The Morgan fingerprint density at radius 1 is 1.20 bits per heavy atom. The van der Waals surface area contributed by atoms with Gasteiger partial charge in [0, 0.05) is 38.6 Å². The lowest BCUT2D eigenvalue weighted by molar-refractivity contribution is -0.133. The average molecular weight is 210 g/mol. The fraction of sp³-hybridized carbons (Fsp3) is 0.917. The molecule has 0 radical (unpaired) electrons. The number of hydrogen-bond donors (Lipinski definition) is 0. The lowest BCUT2D eigenvalue weighted by atomic mass is 10.2. The van der Waals surface area contributed by atoms with Crippen LogP contribution in [-0.2, 0) is 4.79 Å². The Balaban J connectivity index is 1.74. The zero-order valence-corrected chi connectivity index (χ0v) is 9.91. The topological polar surface area (TPSA) is 23.6 Å². The van der Waals surface area contributed by atoms with Gasteiger partial charge in [-0.05, 0) is 32.6 Å². The molecule has 3 heteroatoms. The molecule has 0 bridgehead atoms. The Morgan fingerprint density at radius 2 is 1.80 bits per heavy atom. The van der Waals surface area contributed by atoms with Gasteiger partial charge in [0.2, 0.25) is 5.91 Å². The third-order valence-electron chi connectivity index (χ3n) is 3.56. The lowest BCUT2D eigenvalue weighted by Gasteiger charge is -2.37. The van der Waals surface area contributed by atoms with E-state index < -0.39 is 0 Å². The quantitative estimate of drug-likeness (QED) is 0.702. The van der Waals surface area contributed by atoms with Gasteiger partial charge < -0.3 is 4.90 Å². The van der Waals surface area contributed by atoms with E-state index >= 15 is 0 Å². The first-order valence-corrected chi connectivity index (χ1v) is 6.18. The summed E-state index contributed by atoms with van der Waals surface area (Å²) in [6.45, 7) is 8.42. The molecule has 3 nitrogen and oxygen atoms in total. The van der Waals surface area contributed by atoms with Crippen LogP contribution < -0.4 is 0 Å². The average Bonchev–Trinajstić information content (AvgIpc) is 3.02. The smallest absolute Gasteiger partial charge is 0.222 e. The Labute approximate surface area is 92.4 Å². The highest BCUT2D eigenvalue weighted by atomic mass is 16.2. The van der Waals surface area contributed by atoms with Crippen LogP contribution in [-0.4, -0.2) is 47.9 Å². The molecule has 1 heterocycles. The predicted molar refractivity (Wildman–Crippen MR) is 60.6 cm³/mol. The van der Waals surface area contributed by atoms with Gasteiger partial charge in [0.25, 0.3) is 0 Å². The SMILES string of the molecule is CC(C)N1CCN(C(=O)CC2CC2)CC1. The van der Waals surface area contributed by atoms with Crippen molar-refractivity contribution in [3.8, 4) is 0 Å². The molecule has 86 valence electrons. The van der Waals surface area contributed by atoms with Crippen molar-refractivity contribution in [3.05, 3.63) is 0 Å². The van der Waals surface area contributed by atoms with Crippen LogP contribution in [0.1, 0.15) is 33.1 Å². The maximum atomic E-state index is 11.8. The predicted octanol–water partition coefficient (Wildman–Crippen LogP) is 1.34. The Hall–Kier alpha value is -0.570. The van der Waals surface area contributed by atoms with Crippen molar-refractivity contribution >= 4 is 5.91 Å². The van der Waals surface area contributed by atoms with Crippen LogP contribution in [0, 0.1) is 5.92 Å². The maximum Gasteiger partial charge on any atom is 0.222 e. The molecular weight excluding hydrogens is 188 g/mol. The Morgan fingerprint density at radius 3 is 2.27 bits per heavy atom. The summed E-state index contributed by atoms with van der Waals surface area (Å²) in [7, 11) is 0. The van der Waals surface area contributed by atoms with Crippen LogP contribution in [0.4, 0.5) is 0 Å². The molecule has 2 aliphatic rings. The number of amides is 1. The van der Waals surface area contributed by atoms with Gasteiger partial charge in [-0.1, -0.05) is 0 Å². The van der Waals surface area contributed by atoms with Crippen molar-refractivity contribution < 1.29 is 4.79 Å². The van der Waals surface area contributed by atoms with Crippen LogP contribution >= 0.6 is 0 Å². The molecule has 0 aromatic heterocycles. The third kappa shape index (κ3) is 2.94. The van der Waals surface area contributed by atoms with Gasteiger partial charge >= 0.3 is 0 Å². The molecule has 0 spiro atoms. The highest BCUT2D eigenvalue weighted by Gasteiger charge is 2.28. The standard InChI is InChI=1S/C12H22N2O/c1-10(2)13-5-7-14(8-6-13)12(15)9-11-3-4-11/h10-11H,3-9H2,1-2H3. The van der Waals surface area contributed by atoms with Crippen molar-refractivity contribution in [2.24, 2.45) is 5.92 Å². The first-order valence-electron chi connectivity index (χ1n) is 6.18. The molecule has 2 rings (SSSR count). The summed E-state index contributed by atoms with van der Waals surface area (Å²) in [4.78, 5) is 16.3. The summed E-state index contributed by atoms with van der Waals surface area (Å²) < 4.78 is 0. The molecule has 1 aliphatic heterocycles. The summed E-state index contributed by atoms with van der Waals surface area (Å²) in [6, 6.07) is 0.616. The van der Waals surface area contributed by atoms with Gasteiger partial charge in [0.15, 0.2) is 0 Å². The fourth-order valence-electron chi connectivity index (χ4n) is 2.19. The summed E-state index contributed by atoms with van der Waals surface area (Å²) in [6.07, 6.45) is 3.36. The molecule has 0 unspecified atom stereocenters. The lowest BCUT2D eigenvalue weighted by Crippen LogP contribution is -2.50. The Kier molecular flexibility index (Phi) is 3.29. The highest BCUT2D eigenvalue weighted by molar-refractivity contribution is 5.76. The van der Waals surface area contributed by atoms with Gasteiger partial charge in [-0.25, -0.2) is 0 Å². The highest BCUT2D eigenvalue weighted by Crippen LogP contribution is 2.32. The van der Waals surface area contributed by atoms with Crippen molar-refractivity contribution in [1.29, 1.82) is 0 Å². The van der Waals surface area contributed by atoms with Gasteiger partial charge in [0.05, 0.1) is 0 Å². The maximum absolute atomic E-state index is 11.8. The van der Waals surface area contributed by atoms with E-state index in [0.717, 1.165) is 38.5 Å². The van der Waals surface area contributed by atoms with Crippen LogP contribution in [0.25, 0.3) is 0 Å². The van der Waals surface area contributed by atoms with Crippen molar-refractivity contribution in [2.45, 2.75) is 39.2 Å². The molecule has 0 atom stereocenters. The van der Waals surface area contributed by atoms with Crippen molar-refractivity contribution in [1.82, 2.24) is 9.80 Å².